The molecule has 1 atom stereocenters. The molecule has 2 aliphatic heterocycles. The summed E-state index contributed by atoms with van der Waals surface area (Å²) < 4.78 is 0. The fourth-order valence-corrected chi connectivity index (χ4v) is 6.53. The second kappa shape index (κ2) is 10.3. The Hall–Kier alpha value is -1.14. The first-order valence-corrected chi connectivity index (χ1v) is 12.0. The molecular weight excluding hydrogens is 364 g/mol. The van der Waals surface area contributed by atoms with Crippen molar-refractivity contribution in [3.8, 4) is 0 Å². The Bertz CT molecular complexity index is 583. The predicted octanol–water partition coefficient (Wildman–Crippen LogP) is 4.12. The summed E-state index contributed by atoms with van der Waals surface area (Å²) in [4.78, 5) is 26.6. The third kappa shape index (κ3) is 5.95. The Balaban J connectivity index is 1.31. The standard InChI is InChI=1S/C20H28N2O2S2/c23-19(9-5-4-8-18-12-15-25-26-18)22-13-10-17(11-14-22)21-20(24)16-6-2-1-3-7-16/h1-3,6-7,17-18H,4-5,8-15H2,(H,21,24). The van der Waals surface area contributed by atoms with E-state index in [4.69, 9.17) is 0 Å². The Labute approximate surface area is 164 Å². The average Bonchev–Trinajstić information content (AvgIpc) is 3.20. The van der Waals surface area contributed by atoms with Crippen molar-refractivity contribution < 1.29 is 9.59 Å². The predicted molar refractivity (Wildman–Crippen MR) is 110 cm³/mol. The molecule has 142 valence electrons. The number of benzene rings is 1. The summed E-state index contributed by atoms with van der Waals surface area (Å²) in [5, 5.41) is 3.90. The fourth-order valence-electron chi connectivity index (χ4n) is 3.50. The number of piperidine rings is 1. The number of nitrogens with one attached hydrogen (secondary N) is 1. The fraction of sp³-hybridized carbons (Fsp3) is 0.600. The van der Waals surface area contributed by atoms with Crippen molar-refractivity contribution in [2.45, 2.75) is 56.2 Å². The number of unbranched alkanes of at least 4 members (excludes halogenated alkanes) is 1. The van der Waals surface area contributed by atoms with E-state index in [0.717, 1.165) is 44.0 Å². The number of carbonyl (C=O) groups is 2. The van der Waals surface area contributed by atoms with Crippen molar-refractivity contribution >= 4 is 33.4 Å². The molecule has 1 unspecified atom stereocenters. The van der Waals surface area contributed by atoms with Gasteiger partial charge in [-0.15, -0.1) is 0 Å². The molecule has 0 spiro atoms. The van der Waals surface area contributed by atoms with Crippen LogP contribution in [0.5, 0.6) is 0 Å². The Morgan fingerprint density at radius 2 is 1.85 bits per heavy atom. The number of amides is 2. The zero-order chi connectivity index (χ0) is 18.2. The summed E-state index contributed by atoms with van der Waals surface area (Å²) in [5.74, 6) is 1.55. The van der Waals surface area contributed by atoms with Crippen LogP contribution in [0.3, 0.4) is 0 Å². The summed E-state index contributed by atoms with van der Waals surface area (Å²) in [6.07, 6.45) is 7.11. The van der Waals surface area contributed by atoms with Gasteiger partial charge < -0.3 is 10.2 Å². The molecular formula is C20H28N2O2S2. The van der Waals surface area contributed by atoms with Crippen molar-refractivity contribution in [1.29, 1.82) is 0 Å². The van der Waals surface area contributed by atoms with Crippen LogP contribution in [0, 0.1) is 0 Å². The van der Waals surface area contributed by atoms with Gasteiger partial charge in [-0.1, -0.05) is 46.2 Å². The van der Waals surface area contributed by atoms with Crippen LogP contribution in [0.25, 0.3) is 0 Å². The highest BCUT2D eigenvalue weighted by Gasteiger charge is 2.24. The number of hydrogen-bond acceptors (Lipinski definition) is 4. The van der Waals surface area contributed by atoms with Gasteiger partial charge in [0.25, 0.3) is 5.91 Å². The number of likely N-dealkylation sites (tertiary alicyclic amines) is 1. The van der Waals surface area contributed by atoms with E-state index in [-0.39, 0.29) is 17.9 Å². The van der Waals surface area contributed by atoms with Crippen LogP contribution >= 0.6 is 21.6 Å². The van der Waals surface area contributed by atoms with Gasteiger partial charge in [-0.3, -0.25) is 9.59 Å². The van der Waals surface area contributed by atoms with E-state index in [1.807, 2.05) is 56.8 Å². The van der Waals surface area contributed by atoms with E-state index in [1.54, 1.807) is 0 Å². The monoisotopic (exact) mass is 392 g/mol. The number of hydrogen-bond donors (Lipinski definition) is 1. The minimum absolute atomic E-state index is 0.0154. The highest BCUT2D eigenvalue weighted by atomic mass is 33.1. The molecule has 6 heteroatoms. The van der Waals surface area contributed by atoms with E-state index in [0.29, 0.717) is 12.0 Å². The topological polar surface area (TPSA) is 49.4 Å². The smallest absolute Gasteiger partial charge is 0.251 e. The van der Waals surface area contributed by atoms with Gasteiger partial charge in [0.2, 0.25) is 5.91 Å². The number of nitrogens with zero attached hydrogens (tertiary/aromatic N) is 1. The summed E-state index contributed by atoms with van der Waals surface area (Å²) in [6, 6.07) is 9.49. The van der Waals surface area contributed by atoms with Gasteiger partial charge in [-0.2, -0.15) is 0 Å². The van der Waals surface area contributed by atoms with Crippen molar-refractivity contribution in [2.24, 2.45) is 0 Å². The lowest BCUT2D eigenvalue weighted by Crippen LogP contribution is -2.46. The Morgan fingerprint density at radius 3 is 2.54 bits per heavy atom. The van der Waals surface area contributed by atoms with Gasteiger partial charge >= 0.3 is 0 Å². The Kier molecular flexibility index (Phi) is 7.74. The number of carbonyl (C=O) groups excluding carboxylic acids is 2. The molecule has 2 aliphatic rings. The lowest BCUT2D eigenvalue weighted by Gasteiger charge is -2.32. The molecule has 0 bridgehead atoms. The first-order chi connectivity index (χ1) is 12.7. The molecule has 2 fully saturated rings. The van der Waals surface area contributed by atoms with Crippen LogP contribution in [0.15, 0.2) is 30.3 Å². The van der Waals surface area contributed by atoms with Crippen LogP contribution in [-0.4, -0.2) is 46.8 Å². The largest absolute Gasteiger partial charge is 0.349 e. The molecule has 3 rings (SSSR count). The minimum atomic E-state index is -0.0154. The summed E-state index contributed by atoms with van der Waals surface area (Å²) in [6.45, 7) is 1.52. The molecule has 1 aromatic rings. The van der Waals surface area contributed by atoms with Crippen LogP contribution in [0.4, 0.5) is 0 Å². The lowest BCUT2D eigenvalue weighted by atomic mass is 10.0. The molecule has 2 heterocycles. The van der Waals surface area contributed by atoms with E-state index in [9.17, 15) is 9.59 Å². The van der Waals surface area contributed by atoms with Crippen LogP contribution in [0.2, 0.25) is 0 Å². The normalized spacial score (nSPS) is 20.9. The molecule has 26 heavy (non-hydrogen) atoms. The van der Waals surface area contributed by atoms with Gasteiger partial charge in [0.05, 0.1) is 0 Å². The highest BCUT2D eigenvalue weighted by Crippen LogP contribution is 2.39. The Morgan fingerprint density at radius 1 is 1.08 bits per heavy atom. The number of rotatable bonds is 7. The van der Waals surface area contributed by atoms with Gasteiger partial charge in [0.15, 0.2) is 0 Å². The molecule has 1 N–H and O–H groups in total. The molecule has 1 aromatic carbocycles. The summed E-state index contributed by atoms with van der Waals surface area (Å²) in [5.41, 5.74) is 0.699. The SMILES string of the molecule is O=C(NC1CCN(C(=O)CCCCC2CCSS2)CC1)c1ccccc1. The quantitative estimate of drug-likeness (QED) is 0.560. The van der Waals surface area contributed by atoms with E-state index in [2.05, 4.69) is 5.32 Å². The first kappa shape index (κ1) is 19.6. The minimum Gasteiger partial charge on any atom is -0.349 e. The first-order valence-electron chi connectivity index (χ1n) is 9.64. The third-order valence-corrected chi connectivity index (χ3v) is 8.12. The molecule has 2 amide bonds. The van der Waals surface area contributed by atoms with Crippen molar-refractivity contribution in [1.82, 2.24) is 10.2 Å². The third-order valence-electron chi connectivity index (χ3n) is 5.11. The zero-order valence-corrected chi connectivity index (χ0v) is 16.8. The maximum Gasteiger partial charge on any atom is 0.251 e. The molecule has 0 saturated carbocycles. The average molecular weight is 393 g/mol. The maximum absolute atomic E-state index is 12.4. The van der Waals surface area contributed by atoms with Gasteiger partial charge in [-0.25, -0.2) is 0 Å². The van der Waals surface area contributed by atoms with Crippen LogP contribution in [-0.2, 0) is 4.79 Å². The lowest BCUT2D eigenvalue weighted by molar-refractivity contribution is -0.132. The van der Waals surface area contributed by atoms with Crippen molar-refractivity contribution in [3.05, 3.63) is 35.9 Å². The van der Waals surface area contributed by atoms with Crippen LogP contribution in [0.1, 0.15) is 55.3 Å². The van der Waals surface area contributed by atoms with E-state index in [1.165, 1.54) is 18.6 Å². The molecule has 2 saturated heterocycles. The zero-order valence-electron chi connectivity index (χ0n) is 15.2. The van der Waals surface area contributed by atoms with E-state index < -0.39 is 0 Å². The van der Waals surface area contributed by atoms with Gasteiger partial charge in [-0.05, 0) is 44.2 Å². The van der Waals surface area contributed by atoms with Crippen molar-refractivity contribution in [3.63, 3.8) is 0 Å². The van der Waals surface area contributed by atoms with Gasteiger partial charge in [0.1, 0.15) is 0 Å². The highest BCUT2D eigenvalue weighted by molar-refractivity contribution is 8.77. The second-order valence-electron chi connectivity index (χ2n) is 7.07. The van der Waals surface area contributed by atoms with Crippen LogP contribution < -0.4 is 5.32 Å². The molecule has 0 aliphatic carbocycles. The molecule has 0 aromatic heterocycles. The molecule has 4 nitrogen and oxygen atoms in total. The maximum atomic E-state index is 12.4. The summed E-state index contributed by atoms with van der Waals surface area (Å²) in [7, 11) is 4.00. The van der Waals surface area contributed by atoms with E-state index >= 15 is 0 Å². The van der Waals surface area contributed by atoms with Crippen molar-refractivity contribution in [2.75, 3.05) is 18.8 Å². The second-order valence-corrected chi connectivity index (χ2v) is 9.86. The summed E-state index contributed by atoms with van der Waals surface area (Å²) >= 11 is 0. The van der Waals surface area contributed by atoms with Gasteiger partial charge in [0, 0.05) is 42.1 Å². The molecule has 0 radical (unpaired) electrons.